The Bertz CT molecular complexity index is 2910. The quantitative estimate of drug-likeness (QED) is 0.0427. The number of hydrogen-bond acceptors (Lipinski definition) is 13. The molecule has 21 heteroatoms. The van der Waals surface area contributed by atoms with Gasteiger partial charge in [-0.1, -0.05) is 63.9 Å². The second-order valence-corrected chi connectivity index (χ2v) is 21.1. The summed E-state index contributed by atoms with van der Waals surface area (Å²) < 4.78 is 29.9. The molecule has 0 saturated carbocycles. The van der Waals surface area contributed by atoms with Gasteiger partial charge in [-0.15, -0.1) is 11.3 Å². The van der Waals surface area contributed by atoms with Gasteiger partial charge in [-0.3, -0.25) is 24.3 Å². The molecule has 0 aliphatic carbocycles. The Kier molecular flexibility index (Phi) is 16.5. The van der Waals surface area contributed by atoms with Crippen molar-refractivity contribution in [1.29, 1.82) is 0 Å². The minimum absolute atomic E-state index is 0.0118. The predicted octanol–water partition coefficient (Wildman–Crippen LogP) is 7.80. The van der Waals surface area contributed by atoms with Crippen LogP contribution in [0.5, 0.6) is 0 Å². The number of unbranched alkanes of at least 4 members (excludes halogenated alkanes) is 3. The van der Waals surface area contributed by atoms with E-state index >= 15 is 0 Å². The number of amides is 4. The molecular weight excluding hydrogens is 957 g/mol. The molecule has 4 amide bonds. The van der Waals surface area contributed by atoms with E-state index in [0.29, 0.717) is 67.9 Å². The Balaban J connectivity index is 0.782. The van der Waals surface area contributed by atoms with E-state index in [9.17, 15) is 33.1 Å². The number of aliphatic hydroxyl groups is 1. The third kappa shape index (κ3) is 12.8. The van der Waals surface area contributed by atoms with Gasteiger partial charge in [0.15, 0.2) is 11.5 Å². The molecule has 0 bridgehead atoms. The summed E-state index contributed by atoms with van der Waals surface area (Å²) >= 11 is 1.57. The molecule has 2 aliphatic rings. The molecule has 8 rings (SSSR count). The molecule has 2 aliphatic heterocycles. The van der Waals surface area contributed by atoms with Crippen molar-refractivity contribution >= 4 is 63.6 Å². The van der Waals surface area contributed by atoms with Crippen LogP contribution in [0.2, 0.25) is 0 Å². The van der Waals surface area contributed by atoms with Gasteiger partial charge in [0.1, 0.15) is 29.5 Å². The molecule has 2 fully saturated rings. The van der Waals surface area contributed by atoms with Crippen molar-refractivity contribution in [2.75, 3.05) is 30.3 Å². The van der Waals surface area contributed by atoms with Gasteiger partial charge in [0.05, 0.1) is 45.9 Å². The molecule has 0 unspecified atom stereocenters. The number of nitrogens with one attached hydrogen (secondary N) is 5. The van der Waals surface area contributed by atoms with Gasteiger partial charge in [0, 0.05) is 68.8 Å². The summed E-state index contributed by atoms with van der Waals surface area (Å²) in [7, 11) is 0. The molecule has 73 heavy (non-hydrogen) atoms. The number of nitrogens with zero attached hydrogens (tertiary/aromatic N) is 8. The van der Waals surface area contributed by atoms with Gasteiger partial charge in [-0.05, 0) is 69.1 Å². The smallest absolute Gasteiger partial charge is 0.246 e. The average molecular weight is 1020 g/mol. The number of piperidine rings is 1. The highest BCUT2D eigenvalue weighted by Crippen LogP contribution is 2.33. The SMILES string of the molecule is Cc1cc(Nc2nc(NCc3ccc(F)cc3F)nc3c2cnn3C2CCN(C(=O)CCCCCCC(=O)N[C@H](C(=O)N3C[C@H](O)C[C@H]3C(=O)N[C@@H](C)c3ccc(-c4scnc4C)cc3)C(C)(C)C)CC2)n[nH]1. The molecule has 6 N–H and O–H groups in total. The lowest BCUT2D eigenvalue weighted by atomic mass is 9.85. The van der Waals surface area contributed by atoms with E-state index in [4.69, 9.17) is 10.1 Å². The minimum atomic E-state index is -0.922. The van der Waals surface area contributed by atoms with Crippen LogP contribution >= 0.6 is 11.3 Å². The van der Waals surface area contributed by atoms with E-state index in [1.54, 1.807) is 17.5 Å². The lowest BCUT2D eigenvalue weighted by molar-refractivity contribution is -0.144. The van der Waals surface area contributed by atoms with Gasteiger partial charge in [-0.25, -0.2) is 18.4 Å². The summed E-state index contributed by atoms with van der Waals surface area (Å²) in [6.07, 6.45) is 5.52. The summed E-state index contributed by atoms with van der Waals surface area (Å²) in [5.74, 6) is -1.12. The van der Waals surface area contributed by atoms with Crippen LogP contribution < -0.4 is 21.3 Å². The maximum atomic E-state index is 14.5. The number of rotatable bonds is 19. The topological polar surface area (TPSA) is 228 Å². The molecule has 4 atom stereocenters. The number of aryl methyl sites for hydroxylation is 2. The third-order valence-corrected chi connectivity index (χ3v) is 14.6. The number of H-pyrrole nitrogens is 1. The van der Waals surface area contributed by atoms with Crippen LogP contribution in [0.25, 0.3) is 21.5 Å². The summed E-state index contributed by atoms with van der Waals surface area (Å²) in [6, 6.07) is 10.9. The van der Waals surface area contributed by atoms with Crippen LogP contribution in [0.15, 0.2) is 60.2 Å². The van der Waals surface area contributed by atoms with Crippen molar-refractivity contribution in [3.8, 4) is 10.4 Å². The minimum Gasteiger partial charge on any atom is -0.391 e. The Labute approximate surface area is 427 Å². The first kappa shape index (κ1) is 52.5. The van der Waals surface area contributed by atoms with Crippen LogP contribution in [0, 0.1) is 30.9 Å². The Hall–Kier alpha value is -6.87. The largest absolute Gasteiger partial charge is 0.391 e. The number of β-amino-alcohol motifs (C(OH)–C–C–N with tert-alkyl or cyclic N) is 1. The van der Waals surface area contributed by atoms with E-state index in [2.05, 4.69) is 41.4 Å². The van der Waals surface area contributed by atoms with Gasteiger partial charge < -0.3 is 36.2 Å². The second kappa shape index (κ2) is 22.9. The maximum absolute atomic E-state index is 14.5. The molecule has 18 nitrogen and oxygen atoms in total. The normalized spacial score (nSPS) is 17.2. The number of anilines is 3. The summed E-state index contributed by atoms with van der Waals surface area (Å²) in [5.41, 5.74) is 5.69. The summed E-state index contributed by atoms with van der Waals surface area (Å²) in [4.78, 5) is 72.7. The molecule has 6 heterocycles. The first-order valence-electron chi connectivity index (χ1n) is 25.0. The second-order valence-electron chi connectivity index (χ2n) is 20.3. The zero-order chi connectivity index (χ0) is 52.0. The molecule has 6 aromatic rings. The number of benzene rings is 2. The van der Waals surface area contributed by atoms with E-state index in [0.717, 1.165) is 46.3 Å². The van der Waals surface area contributed by atoms with Crippen LogP contribution in [0.4, 0.5) is 26.4 Å². The van der Waals surface area contributed by atoms with Gasteiger partial charge in [0.2, 0.25) is 29.6 Å². The van der Waals surface area contributed by atoms with Crippen molar-refractivity contribution < 1.29 is 33.1 Å². The number of aromatic nitrogens is 7. The number of hydrogen-bond donors (Lipinski definition) is 6. The molecule has 4 aromatic heterocycles. The molecule has 0 radical (unpaired) electrons. The first-order chi connectivity index (χ1) is 34.9. The number of carbonyl (C=O) groups excluding carboxylic acids is 4. The Morgan fingerprint density at radius 3 is 2.36 bits per heavy atom. The monoisotopic (exact) mass is 1020 g/mol. The van der Waals surface area contributed by atoms with Crippen LogP contribution in [0.3, 0.4) is 0 Å². The predicted molar refractivity (Wildman–Crippen MR) is 275 cm³/mol. The molecule has 2 saturated heterocycles. The van der Waals surface area contributed by atoms with Crippen molar-refractivity contribution in [2.24, 2.45) is 5.41 Å². The number of halogens is 2. The fourth-order valence-corrected chi connectivity index (χ4v) is 10.3. The Morgan fingerprint density at radius 1 is 0.945 bits per heavy atom. The lowest BCUT2D eigenvalue weighted by Crippen LogP contribution is -2.57. The van der Waals surface area contributed by atoms with E-state index in [1.807, 2.05) is 87.0 Å². The highest BCUT2D eigenvalue weighted by molar-refractivity contribution is 7.13. The zero-order valence-electron chi connectivity index (χ0n) is 42.2. The third-order valence-electron chi connectivity index (χ3n) is 13.6. The van der Waals surface area contributed by atoms with Crippen molar-refractivity contribution in [1.82, 2.24) is 55.4 Å². The number of aromatic amines is 1. The summed E-state index contributed by atoms with van der Waals surface area (Å²) in [5, 5.41) is 35.5. The Morgan fingerprint density at radius 2 is 1.68 bits per heavy atom. The standard InChI is InChI=1S/C52H65F2N13O5S/c1-30-23-42(64-63-30)59-47-39-27-57-67(48(39)62-51(61-47)55-26-35-17-18-36(53)24-40(35)54)37-19-21-65(22-20-37)44(70)12-10-8-7-9-11-43(69)60-46(52(4,5)6)50(72)66-28-38(68)25-41(66)49(71)58-31(2)33-13-15-34(16-14-33)45-32(3)56-29-73-45/h13-18,23-24,27,29,31,37-38,41,46,68H,7-12,19-22,25-26,28H2,1-6H3,(H,58,71)(H,60,69)(H3,55,59,61,62,63,64)/t31-,38+,41-,46+/m0/s1. The average Bonchev–Trinajstić information content (AvgIpc) is 4.18. The molecule has 0 spiro atoms. The van der Waals surface area contributed by atoms with E-state index in [1.165, 1.54) is 17.0 Å². The number of aliphatic hydroxyl groups excluding tert-OH is 1. The van der Waals surface area contributed by atoms with Crippen molar-refractivity contribution in [3.05, 3.63) is 94.4 Å². The number of carbonyl (C=O) groups is 4. The van der Waals surface area contributed by atoms with Gasteiger partial charge in [-0.2, -0.15) is 20.2 Å². The van der Waals surface area contributed by atoms with Gasteiger partial charge in [0.25, 0.3) is 0 Å². The fraction of sp³-hybridized carbons (Fsp3) is 0.481. The zero-order valence-corrected chi connectivity index (χ0v) is 43.0. The fourth-order valence-electron chi connectivity index (χ4n) is 9.49. The van der Waals surface area contributed by atoms with Gasteiger partial charge >= 0.3 is 0 Å². The number of thiazole rings is 1. The molecule has 388 valence electrons. The van der Waals surface area contributed by atoms with Crippen LogP contribution in [-0.4, -0.2) is 111 Å². The highest BCUT2D eigenvalue weighted by atomic mass is 32.1. The number of likely N-dealkylation sites (tertiary alicyclic amines) is 2. The summed E-state index contributed by atoms with van der Waals surface area (Å²) in [6.45, 7) is 12.4. The lowest BCUT2D eigenvalue weighted by Gasteiger charge is -2.35. The van der Waals surface area contributed by atoms with Crippen LogP contribution in [0.1, 0.15) is 120 Å². The van der Waals surface area contributed by atoms with Crippen molar-refractivity contribution in [2.45, 2.75) is 136 Å². The van der Waals surface area contributed by atoms with E-state index < -0.39 is 41.1 Å². The van der Waals surface area contributed by atoms with E-state index in [-0.39, 0.29) is 67.2 Å². The first-order valence-corrected chi connectivity index (χ1v) is 25.9. The molecule has 2 aromatic carbocycles. The molecular formula is C52H65F2N13O5S. The van der Waals surface area contributed by atoms with Crippen molar-refractivity contribution in [3.63, 3.8) is 0 Å². The number of fused-ring (bicyclic) bond motifs is 1. The maximum Gasteiger partial charge on any atom is 0.246 e. The highest BCUT2D eigenvalue weighted by Gasteiger charge is 2.44. The van der Waals surface area contributed by atoms with Crippen LogP contribution in [-0.2, 0) is 25.7 Å².